The highest BCUT2D eigenvalue weighted by Crippen LogP contribution is 2.23. The number of benzene rings is 1. The summed E-state index contributed by atoms with van der Waals surface area (Å²) >= 11 is 0. The Morgan fingerprint density at radius 3 is 2.74 bits per heavy atom. The van der Waals surface area contributed by atoms with Gasteiger partial charge in [-0.05, 0) is 31.2 Å². The molecule has 0 bridgehead atoms. The van der Waals surface area contributed by atoms with E-state index in [4.69, 9.17) is 10.5 Å². The van der Waals surface area contributed by atoms with Crippen molar-refractivity contribution < 1.29 is 4.74 Å². The van der Waals surface area contributed by atoms with Gasteiger partial charge in [0.05, 0.1) is 11.2 Å². The average Bonchev–Trinajstić information content (AvgIpc) is 2.68. The summed E-state index contributed by atoms with van der Waals surface area (Å²) in [5.41, 5.74) is 8.23. The van der Waals surface area contributed by atoms with E-state index in [2.05, 4.69) is 10.1 Å². The summed E-state index contributed by atoms with van der Waals surface area (Å²) < 4.78 is 7.41. The monoisotopic (exact) mass is 254 g/mol. The second-order valence-corrected chi connectivity index (χ2v) is 4.45. The molecule has 19 heavy (non-hydrogen) atoms. The number of nitrogens with two attached hydrogens (primary N) is 1. The van der Waals surface area contributed by atoms with Crippen LogP contribution < -0.4 is 10.5 Å². The van der Waals surface area contributed by atoms with Gasteiger partial charge in [-0.15, -0.1) is 0 Å². The van der Waals surface area contributed by atoms with Crippen molar-refractivity contribution in [1.82, 2.24) is 14.8 Å². The molecule has 0 saturated carbocycles. The first-order valence-corrected chi connectivity index (χ1v) is 5.96. The molecule has 0 unspecified atom stereocenters. The topological polar surface area (TPSA) is 66.0 Å². The van der Waals surface area contributed by atoms with Gasteiger partial charge in [-0.3, -0.25) is 0 Å². The van der Waals surface area contributed by atoms with Gasteiger partial charge < -0.3 is 10.5 Å². The average molecular weight is 254 g/mol. The van der Waals surface area contributed by atoms with Crippen LogP contribution in [0.2, 0.25) is 0 Å². The summed E-state index contributed by atoms with van der Waals surface area (Å²) in [7, 11) is 1.84. The Morgan fingerprint density at radius 2 is 2.00 bits per heavy atom. The predicted octanol–water partition coefficient (Wildman–Crippen LogP) is 2.65. The molecule has 3 aromatic rings. The molecule has 2 N–H and O–H groups in total. The number of hydrogen-bond donors (Lipinski definition) is 1. The Labute approximate surface area is 110 Å². The maximum atomic E-state index is 5.74. The number of fused-ring (bicyclic) bond motifs is 1. The van der Waals surface area contributed by atoms with Crippen LogP contribution in [0.25, 0.3) is 10.9 Å². The van der Waals surface area contributed by atoms with Crippen LogP contribution in [-0.2, 0) is 7.05 Å². The third kappa shape index (κ3) is 2.22. The summed E-state index contributed by atoms with van der Waals surface area (Å²) in [6, 6.07) is 11.2. The number of aromatic nitrogens is 3. The normalized spacial score (nSPS) is 10.8. The third-order valence-corrected chi connectivity index (χ3v) is 2.86. The van der Waals surface area contributed by atoms with Gasteiger partial charge in [0.15, 0.2) is 0 Å². The number of rotatable bonds is 2. The van der Waals surface area contributed by atoms with E-state index in [9.17, 15) is 0 Å². The highest BCUT2D eigenvalue weighted by atomic mass is 16.5. The second-order valence-electron chi connectivity index (χ2n) is 4.45. The second kappa shape index (κ2) is 4.28. The molecule has 0 atom stereocenters. The molecule has 0 fully saturated rings. The van der Waals surface area contributed by atoms with Gasteiger partial charge in [-0.2, -0.15) is 5.10 Å². The summed E-state index contributed by atoms with van der Waals surface area (Å²) in [4.78, 5) is 4.44. The summed E-state index contributed by atoms with van der Waals surface area (Å²) in [6.45, 7) is 1.92. The molecule has 0 saturated heterocycles. The van der Waals surface area contributed by atoms with E-state index in [0.29, 0.717) is 11.8 Å². The third-order valence-electron chi connectivity index (χ3n) is 2.86. The Hall–Kier alpha value is -2.56. The smallest absolute Gasteiger partial charge is 0.221 e. The van der Waals surface area contributed by atoms with Crippen molar-refractivity contribution in [2.24, 2.45) is 7.05 Å². The summed E-state index contributed by atoms with van der Waals surface area (Å²) in [5, 5.41) is 5.22. The fourth-order valence-corrected chi connectivity index (χ4v) is 1.97. The van der Waals surface area contributed by atoms with Gasteiger partial charge in [-0.1, -0.05) is 0 Å². The number of aryl methyl sites for hydroxylation is 2. The predicted molar refractivity (Wildman–Crippen MR) is 74.2 cm³/mol. The van der Waals surface area contributed by atoms with Crippen molar-refractivity contribution in [3.8, 4) is 11.8 Å². The molecule has 2 heterocycles. The Bertz CT molecular complexity index is 748. The van der Waals surface area contributed by atoms with Gasteiger partial charge in [-0.25, -0.2) is 9.67 Å². The van der Waals surface area contributed by atoms with Gasteiger partial charge in [0.2, 0.25) is 11.8 Å². The number of nitrogen functional groups attached to an aromatic ring is 1. The van der Waals surface area contributed by atoms with Crippen LogP contribution in [0.4, 0.5) is 5.69 Å². The number of hydrogen-bond acceptors (Lipinski definition) is 4. The molecule has 5 heteroatoms. The molecule has 0 aliphatic heterocycles. The van der Waals surface area contributed by atoms with Crippen molar-refractivity contribution in [3.63, 3.8) is 0 Å². The molecular weight excluding hydrogens is 240 g/mol. The van der Waals surface area contributed by atoms with E-state index in [1.165, 1.54) is 0 Å². The standard InChI is InChI=1S/C14H14N4O/c1-9-7-14(18(2)17-9)19-13-6-3-10-8-11(15)4-5-12(10)16-13/h3-8H,15H2,1-2H3. The van der Waals surface area contributed by atoms with Crippen LogP contribution in [0.3, 0.4) is 0 Å². The van der Waals surface area contributed by atoms with Crippen molar-refractivity contribution in [2.45, 2.75) is 6.92 Å². The van der Waals surface area contributed by atoms with E-state index in [1.807, 2.05) is 50.4 Å². The van der Waals surface area contributed by atoms with E-state index in [0.717, 1.165) is 22.3 Å². The first kappa shape index (κ1) is 11.5. The molecule has 96 valence electrons. The van der Waals surface area contributed by atoms with Gasteiger partial charge >= 0.3 is 0 Å². The highest BCUT2D eigenvalue weighted by Gasteiger charge is 2.06. The zero-order chi connectivity index (χ0) is 13.4. The van der Waals surface area contributed by atoms with E-state index < -0.39 is 0 Å². The van der Waals surface area contributed by atoms with Crippen LogP contribution in [0.1, 0.15) is 5.69 Å². The molecule has 0 amide bonds. The van der Waals surface area contributed by atoms with Gasteiger partial charge in [0.1, 0.15) is 0 Å². The van der Waals surface area contributed by atoms with Crippen LogP contribution in [0, 0.1) is 6.92 Å². The maximum Gasteiger partial charge on any atom is 0.221 e. The quantitative estimate of drug-likeness (QED) is 0.714. The van der Waals surface area contributed by atoms with Crippen molar-refractivity contribution in [3.05, 3.63) is 42.1 Å². The lowest BCUT2D eigenvalue weighted by molar-refractivity contribution is 0.417. The molecule has 2 aromatic heterocycles. The lowest BCUT2D eigenvalue weighted by atomic mass is 10.2. The van der Waals surface area contributed by atoms with Crippen LogP contribution >= 0.6 is 0 Å². The Morgan fingerprint density at radius 1 is 1.16 bits per heavy atom. The lowest BCUT2D eigenvalue weighted by Gasteiger charge is -2.05. The fourth-order valence-electron chi connectivity index (χ4n) is 1.97. The molecular formula is C14H14N4O. The van der Waals surface area contributed by atoms with Crippen LogP contribution in [-0.4, -0.2) is 14.8 Å². The molecule has 0 spiro atoms. The van der Waals surface area contributed by atoms with Gasteiger partial charge in [0, 0.05) is 30.3 Å². The SMILES string of the molecule is Cc1cc(Oc2ccc3cc(N)ccc3n2)n(C)n1. The highest BCUT2D eigenvalue weighted by molar-refractivity contribution is 5.82. The van der Waals surface area contributed by atoms with Crippen molar-refractivity contribution in [2.75, 3.05) is 5.73 Å². The molecule has 3 rings (SSSR count). The first-order chi connectivity index (χ1) is 9.11. The summed E-state index contributed by atoms with van der Waals surface area (Å²) in [6.07, 6.45) is 0. The minimum atomic E-state index is 0.542. The molecule has 0 aliphatic carbocycles. The molecule has 0 aliphatic rings. The van der Waals surface area contributed by atoms with Crippen molar-refractivity contribution >= 4 is 16.6 Å². The number of anilines is 1. The zero-order valence-electron chi connectivity index (χ0n) is 10.8. The number of ether oxygens (including phenoxy) is 1. The van der Waals surface area contributed by atoms with E-state index in [-0.39, 0.29) is 0 Å². The Balaban J connectivity index is 1.97. The zero-order valence-corrected chi connectivity index (χ0v) is 10.8. The number of pyridine rings is 1. The molecule has 0 radical (unpaired) electrons. The molecule has 1 aromatic carbocycles. The van der Waals surface area contributed by atoms with Crippen LogP contribution in [0.15, 0.2) is 36.4 Å². The lowest BCUT2D eigenvalue weighted by Crippen LogP contribution is -1.96. The van der Waals surface area contributed by atoms with E-state index in [1.54, 1.807) is 4.68 Å². The van der Waals surface area contributed by atoms with Crippen LogP contribution in [0.5, 0.6) is 11.8 Å². The Kier molecular flexibility index (Phi) is 2.59. The largest absolute Gasteiger partial charge is 0.421 e. The number of nitrogens with zero attached hydrogens (tertiary/aromatic N) is 3. The first-order valence-electron chi connectivity index (χ1n) is 5.96. The minimum absolute atomic E-state index is 0.542. The van der Waals surface area contributed by atoms with Crippen molar-refractivity contribution in [1.29, 1.82) is 0 Å². The fraction of sp³-hybridized carbons (Fsp3) is 0.143. The van der Waals surface area contributed by atoms with E-state index >= 15 is 0 Å². The minimum Gasteiger partial charge on any atom is -0.421 e. The van der Waals surface area contributed by atoms with Gasteiger partial charge in [0.25, 0.3) is 0 Å². The maximum absolute atomic E-state index is 5.74. The summed E-state index contributed by atoms with van der Waals surface area (Å²) in [5.74, 6) is 1.21. The molecule has 5 nitrogen and oxygen atoms in total.